The number of hydrogen-bond acceptors (Lipinski definition) is 3. The van der Waals surface area contributed by atoms with Crippen molar-refractivity contribution >= 4 is 5.91 Å². The summed E-state index contributed by atoms with van der Waals surface area (Å²) in [4.78, 5) is 14.9. The van der Waals surface area contributed by atoms with Crippen LogP contribution in [-0.4, -0.2) is 24.5 Å². The Balaban J connectivity index is 1.62. The molecule has 0 unspecified atom stereocenters. The minimum atomic E-state index is 0.0177. The van der Waals surface area contributed by atoms with E-state index in [0.717, 1.165) is 24.2 Å². The molecule has 0 aliphatic carbocycles. The maximum Gasteiger partial charge on any atom is 0.234 e. The van der Waals surface area contributed by atoms with Crippen LogP contribution in [0.1, 0.15) is 22.3 Å². The molecule has 0 spiro atoms. The average Bonchev–Trinajstić information content (AvgIpc) is 2.75. The number of carbonyl (C=O) groups excluding carboxylic acids is 1. The van der Waals surface area contributed by atoms with Gasteiger partial charge < -0.3 is 10.1 Å². The van der Waals surface area contributed by atoms with Crippen LogP contribution in [0.15, 0.2) is 84.9 Å². The Bertz CT molecular complexity index is 840. The fraction of sp³-hybridized carbons (Fsp3) is 0.240. The molecule has 4 heteroatoms. The third-order valence-electron chi connectivity index (χ3n) is 4.76. The first-order valence-corrected chi connectivity index (χ1v) is 9.87. The minimum absolute atomic E-state index is 0.0177. The van der Waals surface area contributed by atoms with Gasteiger partial charge in [-0.3, -0.25) is 9.69 Å². The molecule has 0 radical (unpaired) electrons. The summed E-state index contributed by atoms with van der Waals surface area (Å²) in [5.41, 5.74) is 4.57. The van der Waals surface area contributed by atoms with Crippen LogP contribution in [-0.2, 0) is 35.8 Å². The topological polar surface area (TPSA) is 41.6 Å². The molecule has 0 atom stereocenters. The third-order valence-corrected chi connectivity index (χ3v) is 4.76. The quantitative estimate of drug-likeness (QED) is 0.567. The second kappa shape index (κ2) is 11.1. The number of amides is 1. The maximum atomic E-state index is 12.7. The Morgan fingerprint density at radius 3 is 1.86 bits per heavy atom. The van der Waals surface area contributed by atoms with Gasteiger partial charge in [-0.2, -0.15) is 0 Å². The van der Waals surface area contributed by atoms with Crippen LogP contribution in [0.5, 0.6) is 0 Å². The van der Waals surface area contributed by atoms with Crippen LogP contribution in [0.4, 0.5) is 0 Å². The van der Waals surface area contributed by atoms with Crippen molar-refractivity contribution in [3.05, 3.63) is 107 Å². The van der Waals surface area contributed by atoms with Gasteiger partial charge >= 0.3 is 0 Å². The molecule has 0 heterocycles. The molecule has 4 nitrogen and oxygen atoms in total. The number of methoxy groups -OCH3 is 1. The highest BCUT2D eigenvalue weighted by Crippen LogP contribution is 2.11. The molecular weight excluding hydrogens is 360 g/mol. The van der Waals surface area contributed by atoms with Crippen LogP contribution in [0.3, 0.4) is 0 Å². The summed E-state index contributed by atoms with van der Waals surface area (Å²) in [6.07, 6.45) is 0. The number of hydrogen-bond donors (Lipinski definition) is 1. The van der Waals surface area contributed by atoms with Crippen molar-refractivity contribution < 1.29 is 9.53 Å². The molecule has 0 aliphatic rings. The lowest BCUT2D eigenvalue weighted by atomic mass is 10.1. The molecule has 3 aromatic rings. The molecule has 0 aliphatic heterocycles. The van der Waals surface area contributed by atoms with Gasteiger partial charge in [0.1, 0.15) is 0 Å². The average molecular weight is 389 g/mol. The Morgan fingerprint density at radius 1 is 0.793 bits per heavy atom. The molecule has 1 N–H and O–H groups in total. The molecule has 0 aromatic heterocycles. The van der Waals surface area contributed by atoms with E-state index in [1.807, 2.05) is 60.7 Å². The molecule has 3 aromatic carbocycles. The van der Waals surface area contributed by atoms with Gasteiger partial charge in [-0.25, -0.2) is 0 Å². The van der Waals surface area contributed by atoms with Crippen LogP contribution in [0, 0.1) is 0 Å². The van der Waals surface area contributed by atoms with E-state index in [0.29, 0.717) is 19.7 Å². The summed E-state index contributed by atoms with van der Waals surface area (Å²) in [6, 6.07) is 28.5. The van der Waals surface area contributed by atoms with Gasteiger partial charge in [-0.1, -0.05) is 84.9 Å². The normalized spacial score (nSPS) is 10.8. The van der Waals surface area contributed by atoms with Crippen molar-refractivity contribution in [3.8, 4) is 0 Å². The van der Waals surface area contributed by atoms with Crippen molar-refractivity contribution in [3.63, 3.8) is 0 Å². The van der Waals surface area contributed by atoms with E-state index in [1.165, 1.54) is 11.1 Å². The molecule has 1 amide bonds. The molecule has 0 saturated heterocycles. The summed E-state index contributed by atoms with van der Waals surface area (Å²) in [5.74, 6) is 0.0177. The standard InChI is InChI=1S/C25H28N2O2/c1-29-20-24-15-9-8-14-23(24)16-26-25(28)19-27(17-21-10-4-2-5-11-21)18-22-12-6-3-7-13-22/h2-15H,16-20H2,1H3,(H,26,28). The van der Waals surface area contributed by atoms with Gasteiger partial charge in [0.25, 0.3) is 0 Å². The zero-order valence-corrected chi connectivity index (χ0v) is 16.9. The predicted octanol–water partition coefficient (Wildman–Crippen LogP) is 4.15. The summed E-state index contributed by atoms with van der Waals surface area (Å²) in [7, 11) is 1.68. The second-order valence-electron chi connectivity index (χ2n) is 7.09. The Labute approximate surface area is 173 Å². The Kier molecular flexibility index (Phi) is 7.99. The third kappa shape index (κ3) is 6.86. The van der Waals surface area contributed by atoms with Crippen LogP contribution in [0.25, 0.3) is 0 Å². The summed E-state index contributed by atoms with van der Waals surface area (Å²) in [5, 5.41) is 3.06. The Hall–Kier alpha value is -2.95. The maximum absolute atomic E-state index is 12.7. The lowest BCUT2D eigenvalue weighted by molar-refractivity contribution is -0.122. The molecule has 0 saturated carbocycles. The van der Waals surface area contributed by atoms with E-state index in [2.05, 4.69) is 34.5 Å². The van der Waals surface area contributed by atoms with E-state index in [-0.39, 0.29) is 5.91 Å². The van der Waals surface area contributed by atoms with Gasteiger partial charge in [0.15, 0.2) is 0 Å². The monoisotopic (exact) mass is 388 g/mol. The van der Waals surface area contributed by atoms with Gasteiger partial charge in [-0.05, 0) is 22.3 Å². The first-order chi connectivity index (χ1) is 14.2. The first-order valence-electron chi connectivity index (χ1n) is 9.87. The van der Waals surface area contributed by atoms with Crippen LogP contribution < -0.4 is 5.32 Å². The van der Waals surface area contributed by atoms with Crippen molar-refractivity contribution in [1.82, 2.24) is 10.2 Å². The van der Waals surface area contributed by atoms with E-state index < -0.39 is 0 Å². The zero-order chi connectivity index (χ0) is 20.3. The molecule has 150 valence electrons. The molecule has 0 bridgehead atoms. The summed E-state index contributed by atoms with van der Waals surface area (Å²) >= 11 is 0. The highest BCUT2D eigenvalue weighted by atomic mass is 16.5. The van der Waals surface area contributed by atoms with Gasteiger partial charge in [0, 0.05) is 26.7 Å². The lowest BCUT2D eigenvalue weighted by Gasteiger charge is -2.22. The van der Waals surface area contributed by atoms with Crippen molar-refractivity contribution in [2.45, 2.75) is 26.2 Å². The minimum Gasteiger partial charge on any atom is -0.380 e. The van der Waals surface area contributed by atoms with E-state index >= 15 is 0 Å². The number of carbonyl (C=O) groups is 1. The van der Waals surface area contributed by atoms with Crippen LogP contribution >= 0.6 is 0 Å². The number of rotatable bonds is 10. The number of benzene rings is 3. The van der Waals surface area contributed by atoms with E-state index in [1.54, 1.807) is 7.11 Å². The predicted molar refractivity (Wildman–Crippen MR) is 116 cm³/mol. The first kappa shape index (κ1) is 20.8. The Morgan fingerprint density at radius 2 is 1.31 bits per heavy atom. The van der Waals surface area contributed by atoms with Gasteiger partial charge in [0.05, 0.1) is 13.2 Å². The van der Waals surface area contributed by atoms with Gasteiger partial charge in [-0.15, -0.1) is 0 Å². The zero-order valence-electron chi connectivity index (χ0n) is 16.9. The second-order valence-corrected chi connectivity index (χ2v) is 7.09. The molecule has 0 fully saturated rings. The largest absolute Gasteiger partial charge is 0.380 e. The highest BCUT2D eigenvalue weighted by molar-refractivity contribution is 5.78. The van der Waals surface area contributed by atoms with Crippen LogP contribution in [0.2, 0.25) is 0 Å². The summed E-state index contributed by atoms with van der Waals surface area (Å²) < 4.78 is 5.25. The fourth-order valence-electron chi connectivity index (χ4n) is 3.33. The van der Waals surface area contributed by atoms with E-state index in [4.69, 9.17) is 4.74 Å². The van der Waals surface area contributed by atoms with E-state index in [9.17, 15) is 4.79 Å². The number of nitrogens with zero attached hydrogens (tertiary/aromatic N) is 1. The number of ether oxygens (including phenoxy) is 1. The van der Waals surface area contributed by atoms with Crippen molar-refractivity contribution in [2.75, 3.05) is 13.7 Å². The van der Waals surface area contributed by atoms with Crippen molar-refractivity contribution in [1.29, 1.82) is 0 Å². The summed E-state index contributed by atoms with van der Waals surface area (Å²) in [6.45, 7) is 2.84. The lowest BCUT2D eigenvalue weighted by Crippen LogP contribution is -2.36. The molecule has 3 rings (SSSR count). The number of nitrogens with one attached hydrogen (secondary N) is 1. The van der Waals surface area contributed by atoms with Gasteiger partial charge in [0.2, 0.25) is 5.91 Å². The fourth-order valence-corrected chi connectivity index (χ4v) is 3.33. The SMILES string of the molecule is COCc1ccccc1CNC(=O)CN(Cc1ccccc1)Cc1ccccc1. The smallest absolute Gasteiger partial charge is 0.234 e. The molecule has 29 heavy (non-hydrogen) atoms. The van der Waals surface area contributed by atoms with Crippen molar-refractivity contribution in [2.24, 2.45) is 0 Å². The highest BCUT2D eigenvalue weighted by Gasteiger charge is 2.13. The molecular formula is C25H28N2O2.